The van der Waals surface area contributed by atoms with Crippen LogP contribution in [0.1, 0.15) is 37.3 Å². The summed E-state index contributed by atoms with van der Waals surface area (Å²) >= 11 is 3.65. The number of halogens is 1. The van der Waals surface area contributed by atoms with Crippen molar-refractivity contribution in [1.82, 2.24) is 5.32 Å². The van der Waals surface area contributed by atoms with Crippen molar-refractivity contribution in [3.63, 3.8) is 0 Å². The van der Waals surface area contributed by atoms with E-state index in [0.717, 1.165) is 55.0 Å². The van der Waals surface area contributed by atoms with E-state index in [4.69, 9.17) is 9.47 Å². The van der Waals surface area contributed by atoms with E-state index in [1.807, 2.05) is 0 Å². The van der Waals surface area contributed by atoms with E-state index in [1.165, 1.54) is 24.0 Å². The molecule has 1 aromatic carbocycles. The van der Waals surface area contributed by atoms with Crippen molar-refractivity contribution in [1.29, 1.82) is 0 Å². The Hall–Kier alpha value is -0.740. The molecule has 110 valence electrons. The van der Waals surface area contributed by atoms with Crippen molar-refractivity contribution in [3.8, 4) is 11.5 Å². The second-order valence-corrected chi connectivity index (χ2v) is 6.41. The predicted octanol–water partition coefficient (Wildman–Crippen LogP) is 3.47. The SMILES string of the molecule is CCc1c(CC2CCCN2)cc(Br)c2c1OCCCO2. The van der Waals surface area contributed by atoms with Crippen LogP contribution in [-0.2, 0) is 12.8 Å². The topological polar surface area (TPSA) is 30.5 Å². The lowest BCUT2D eigenvalue weighted by molar-refractivity contribution is 0.295. The summed E-state index contributed by atoms with van der Waals surface area (Å²) in [5.74, 6) is 1.86. The molecule has 2 aliphatic heterocycles. The zero-order chi connectivity index (χ0) is 13.9. The average molecular weight is 340 g/mol. The summed E-state index contributed by atoms with van der Waals surface area (Å²) in [5, 5.41) is 3.58. The maximum atomic E-state index is 5.98. The highest BCUT2D eigenvalue weighted by Crippen LogP contribution is 2.42. The molecule has 3 nitrogen and oxygen atoms in total. The molecule has 20 heavy (non-hydrogen) atoms. The molecule has 0 amide bonds. The molecule has 0 aromatic heterocycles. The van der Waals surface area contributed by atoms with E-state index in [1.54, 1.807) is 0 Å². The summed E-state index contributed by atoms with van der Waals surface area (Å²) in [7, 11) is 0. The predicted molar refractivity (Wildman–Crippen MR) is 83.9 cm³/mol. The summed E-state index contributed by atoms with van der Waals surface area (Å²) in [5.41, 5.74) is 2.71. The van der Waals surface area contributed by atoms with Crippen molar-refractivity contribution in [2.45, 2.75) is 45.1 Å². The van der Waals surface area contributed by atoms with E-state index >= 15 is 0 Å². The van der Waals surface area contributed by atoms with Gasteiger partial charge in [0.15, 0.2) is 11.5 Å². The summed E-state index contributed by atoms with van der Waals surface area (Å²) in [4.78, 5) is 0. The first-order valence-corrected chi connectivity index (χ1v) is 8.42. The molecule has 1 fully saturated rings. The molecule has 2 aliphatic rings. The minimum atomic E-state index is 0.608. The number of ether oxygens (including phenoxy) is 2. The third-order valence-electron chi connectivity index (χ3n) is 4.15. The molecular weight excluding hydrogens is 318 g/mol. The normalized spacial score (nSPS) is 21.8. The molecule has 0 aliphatic carbocycles. The second kappa shape index (κ2) is 6.35. The Morgan fingerprint density at radius 3 is 2.75 bits per heavy atom. The van der Waals surface area contributed by atoms with Gasteiger partial charge in [-0.3, -0.25) is 0 Å². The van der Waals surface area contributed by atoms with E-state index in [9.17, 15) is 0 Å². The van der Waals surface area contributed by atoms with Gasteiger partial charge >= 0.3 is 0 Å². The molecule has 1 saturated heterocycles. The first kappa shape index (κ1) is 14.2. The van der Waals surface area contributed by atoms with Crippen LogP contribution >= 0.6 is 15.9 Å². The van der Waals surface area contributed by atoms with Crippen LogP contribution in [0.15, 0.2) is 10.5 Å². The van der Waals surface area contributed by atoms with E-state index in [0.29, 0.717) is 6.04 Å². The Balaban J connectivity index is 1.96. The molecule has 0 spiro atoms. The molecule has 3 rings (SSSR count). The van der Waals surface area contributed by atoms with Crippen LogP contribution in [0.25, 0.3) is 0 Å². The molecule has 1 aromatic rings. The number of hydrogen-bond acceptors (Lipinski definition) is 3. The highest BCUT2D eigenvalue weighted by molar-refractivity contribution is 9.10. The fourth-order valence-electron chi connectivity index (χ4n) is 3.16. The van der Waals surface area contributed by atoms with Gasteiger partial charge in [-0.25, -0.2) is 0 Å². The first-order chi connectivity index (χ1) is 9.79. The second-order valence-electron chi connectivity index (χ2n) is 5.56. The molecule has 1 atom stereocenters. The number of fused-ring (bicyclic) bond motifs is 1. The first-order valence-electron chi connectivity index (χ1n) is 7.62. The fourth-order valence-corrected chi connectivity index (χ4v) is 3.73. The van der Waals surface area contributed by atoms with Gasteiger partial charge in [0.1, 0.15) is 0 Å². The maximum Gasteiger partial charge on any atom is 0.175 e. The summed E-state index contributed by atoms with van der Waals surface area (Å²) in [6.07, 6.45) is 5.58. The Labute approximate surface area is 129 Å². The highest BCUT2D eigenvalue weighted by Gasteiger charge is 2.23. The van der Waals surface area contributed by atoms with Gasteiger partial charge in [-0.05, 0) is 59.8 Å². The maximum absolute atomic E-state index is 5.98. The van der Waals surface area contributed by atoms with Gasteiger partial charge in [0.05, 0.1) is 17.7 Å². The van der Waals surface area contributed by atoms with E-state index < -0.39 is 0 Å². The Morgan fingerprint density at radius 1 is 1.25 bits per heavy atom. The minimum absolute atomic E-state index is 0.608. The third-order valence-corrected chi connectivity index (χ3v) is 4.74. The molecule has 0 saturated carbocycles. The van der Waals surface area contributed by atoms with Gasteiger partial charge in [0.2, 0.25) is 0 Å². The van der Waals surface area contributed by atoms with Crippen LogP contribution < -0.4 is 14.8 Å². The number of benzene rings is 1. The quantitative estimate of drug-likeness (QED) is 0.914. The molecular formula is C16H22BrNO2. The lowest BCUT2D eigenvalue weighted by atomic mass is 9.96. The van der Waals surface area contributed by atoms with Gasteiger partial charge in [0, 0.05) is 18.0 Å². The van der Waals surface area contributed by atoms with Gasteiger partial charge in [-0.1, -0.05) is 6.92 Å². The van der Waals surface area contributed by atoms with Crippen LogP contribution in [0.4, 0.5) is 0 Å². The zero-order valence-electron chi connectivity index (χ0n) is 12.0. The smallest absolute Gasteiger partial charge is 0.175 e. The van der Waals surface area contributed by atoms with Gasteiger partial charge in [-0.2, -0.15) is 0 Å². The van der Waals surface area contributed by atoms with E-state index in [2.05, 4.69) is 34.2 Å². The lowest BCUT2D eigenvalue weighted by Crippen LogP contribution is -2.24. The van der Waals surface area contributed by atoms with Crippen molar-refractivity contribution in [2.24, 2.45) is 0 Å². The Bertz CT molecular complexity index is 484. The average Bonchev–Trinajstić information content (AvgIpc) is 2.82. The molecule has 1 unspecified atom stereocenters. The minimum Gasteiger partial charge on any atom is -0.489 e. The molecule has 4 heteroatoms. The largest absolute Gasteiger partial charge is 0.489 e. The summed E-state index contributed by atoms with van der Waals surface area (Å²) in [6, 6.07) is 2.84. The fraction of sp³-hybridized carbons (Fsp3) is 0.625. The Morgan fingerprint density at radius 2 is 2.05 bits per heavy atom. The van der Waals surface area contributed by atoms with Crippen LogP contribution in [-0.4, -0.2) is 25.8 Å². The number of nitrogens with one attached hydrogen (secondary N) is 1. The van der Waals surface area contributed by atoms with Gasteiger partial charge in [0.25, 0.3) is 0 Å². The molecule has 1 N–H and O–H groups in total. The van der Waals surface area contributed by atoms with Crippen molar-refractivity contribution in [3.05, 3.63) is 21.7 Å². The van der Waals surface area contributed by atoms with E-state index in [-0.39, 0.29) is 0 Å². The van der Waals surface area contributed by atoms with Crippen molar-refractivity contribution in [2.75, 3.05) is 19.8 Å². The number of rotatable bonds is 3. The molecule has 0 radical (unpaired) electrons. The highest BCUT2D eigenvalue weighted by atomic mass is 79.9. The van der Waals surface area contributed by atoms with Crippen molar-refractivity contribution >= 4 is 15.9 Å². The molecule has 2 heterocycles. The van der Waals surface area contributed by atoms with Gasteiger partial charge in [-0.15, -0.1) is 0 Å². The Kier molecular flexibility index (Phi) is 4.51. The summed E-state index contributed by atoms with van der Waals surface area (Å²) in [6.45, 7) is 4.83. The van der Waals surface area contributed by atoms with Crippen LogP contribution in [0, 0.1) is 0 Å². The zero-order valence-corrected chi connectivity index (χ0v) is 13.6. The number of hydrogen-bond donors (Lipinski definition) is 1. The lowest BCUT2D eigenvalue weighted by Gasteiger charge is -2.19. The van der Waals surface area contributed by atoms with Gasteiger partial charge < -0.3 is 14.8 Å². The third kappa shape index (κ3) is 2.82. The summed E-state index contributed by atoms with van der Waals surface area (Å²) < 4.78 is 12.9. The van der Waals surface area contributed by atoms with Crippen LogP contribution in [0.5, 0.6) is 11.5 Å². The van der Waals surface area contributed by atoms with Crippen LogP contribution in [0.3, 0.4) is 0 Å². The van der Waals surface area contributed by atoms with Crippen LogP contribution in [0.2, 0.25) is 0 Å². The molecule has 0 bridgehead atoms. The van der Waals surface area contributed by atoms with Crippen molar-refractivity contribution < 1.29 is 9.47 Å². The monoisotopic (exact) mass is 339 g/mol. The standard InChI is InChI=1S/C16H22BrNO2/c1-2-13-11(9-12-5-3-6-18-12)10-14(17)16-15(13)19-7-4-8-20-16/h10,12,18H,2-9H2,1H3.